The van der Waals surface area contributed by atoms with Crippen molar-refractivity contribution in [3.05, 3.63) is 34.3 Å². The molecular weight excluding hydrogens is 360 g/mol. The molecule has 4 N–H and O–H groups in total. The van der Waals surface area contributed by atoms with Crippen LogP contribution in [-0.4, -0.2) is 44.7 Å². The van der Waals surface area contributed by atoms with Crippen molar-refractivity contribution in [3.63, 3.8) is 0 Å². The van der Waals surface area contributed by atoms with Gasteiger partial charge in [0.15, 0.2) is 5.96 Å². The van der Waals surface area contributed by atoms with Crippen LogP contribution >= 0.6 is 15.9 Å². The normalized spacial score (nSPS) is 11.3. The third kappa shape index (κ3) is 9.20. The highest BCUT2D eigenvalue weighted by atomic mass is 79.9. The number of nitrogens with zero attached hydrogens (tertiary/aromatic N) is 1. The zero-order valence-electron chi connectivity index (χ0n) is 13.5. The predicted octanol–water partition coefficient (Wildman–Crippen LogP) is 1.90. The number of aliphatic imine (C=N–C) groups is 1. The van der Waals surface area contributed by atoms with Crippen LogP contribution in [0.1, 0.15) is 30.1 Å². The van der Waals surface area contributed by atoms with Crippen LogP contribution in [0.25, 0.3) is 0 Å². The van der Waals surface area contributed by atoms with E-state index in [1.54, 1.807) is 12.1 Å². The summed E-state index contributed by atoms with van der Waals surface area (Å²) in [7, 11) is 0. The molecule has 0 spiro atoms. The largest absolute Gasteiger partial charge is 0.382 e. The number of guanidine groups is 1. The summed E-state index contributed by atoms with van der Waals surface area (Å²) in [5.41, 5.74) is 6.39. The Balaban J connectivity index is 2.10. The number of nitrogens with one attached hydrogen (secondary N) is 2. The molecule has 0 aromatic heterocycles. The highest BCUT2D eigenvalue weighted by molar-refractivity contribution is 9.10. The van der Waals surface area contributed by atoms with E-state index < -0.39 is 0 Å². The first kappa shape index (κ1) is 19.4. The Bertz CT molecular complexity index is 491. The maximum absolute atomic E-state index is 11.9. The first-order valence-corrected chi connectivity index (χ1v) is 8.58. The van der Waals surface area contributed by atoms with Gasteiger partial charge in [0.05, 0.1) is 0 Å². The number of benzene rings is 1. The van der Waals surface area contributed by atoms with E-state index in [0.717, 1.165) is 37.1 Å². The second kappa shape index (κ2) is 11.9. The minimum absolute atomic E-state index is 0.0801. The van der Waals surface area contributed by atoms with Crippen molar-refractivity contribution < 1.29 is 9.53 Å². The molecule has 0 unspecified atom stereocenters. The van der Waals surface area contributed by atoms with E-state index in [0.29, 0.717) is 24.6 Å². The number of ether oxygens (including phenoxy) is 1. The van der Waals surface area contributed by atoms with Gasteiger partial charge in [0, 0.05) is 42.9 Å². The van der Waals surface area contributed by atoms with Gasteiger partial charge in [-0.1, -0.05) is 15.9 Å². The zero-order valence-corrected chi connectivity index (χ0v) is 15.1. The van der Waals surface area contributed by atoms with E-state index >= 15 is 0 Å². The Morgan fingerprint density at radius 3 is 2.61 bits per heavy atom. The molecule has 7 heteroatoms. The fourth-order valence-corrected chi connectivity index (χ4v) is 2.04. The Morgan fingerprint density at radius 1 is 1.22 bits per heavy atom. The summed E-state index contributed by atoms with van der Waals surface area (Å²) in [5.74, 6) is 0.351. The molecule has 0 radical (unpaired) electrons. The second-order valence-electron chi connectivity index (χ2n) is 4.86. The number of rotatable bonds is 10. The fraction of sp³-hybridized carbons (Fsp3) is 0.500. The second-order valence-corrected chi connectivity index (χ2v) is 5.78. The number of halogens is 1. The molecule has 0 atom stereocenters. The Morgan fingerprint density at radius 2 is 1.91 bits per heavy atom. The van der Waals surface area contributed by atoms with Crippen LogP contribution in [0.3, 0.4) is 0 Å². The lowest BCUT2D eigenvalue weighted by Crippen LogP contribution is -2.33. The molecule has 0 aliphatic rings. The van der Waals surface area contributed by atoms with E-state index in [2.05, 4.69) is 31.6 Å². The van der Waals surface area contributed by atoms with Crippen LogP contribution in [0.5, 0.6) is 0 Å². The van der Waals surface area contributed by atoms with Gasteiger partial charge in [-0.3, -0.25) is 9.79 Å². The molecule has 23 heavy (non-hydrogen) atoms. The maximum Gasteiger partial charge on any atom is 0.251 e. The molecule has 0 aliphatic heterocycles. The molecule has 1 aromatic rings. The summed E-state index contributed by atoms with van der Waals surface area (Å²) in [6.45, 7) is 5.31. The zero-order chi connectivity index (χ0) is 16.9. The average molecular weight is 385 g/mol. The quantitative estimate of drug-likeness (QED) is 0.326. The van der Waals surface area contributed by atoms with Crippen molar-refractivity contribution in [2.24, 2.45) is 10.7 Å². The molecule has 1 rings (SSSR count). The average Bonchev–Trinajstić information content (AvgIpc) is 2.54. The number of amides is 1. The SMILES string of the molecule is CCOCCCNC(N)=NCCCNC(=O)c1ccc(Br)cc1. The Hall–Kier alpha value is -1.60. The number of nitrogens with two attached hydrogens (primary N) is 1. The third-order valence-corrected chi connectivity index (χ3v) is 3.51. The number of hydrogen-bond donors (Lipinski definition) is 3. The summed E-state index contributed by atoms with van der Waals surface area (Å²) >= 11 is 3.34. The van der Waals surface area contributed by atoms with Crippen LogP contribution in [0.15, 0.2) is 33.7 Å². The minimum atomic E-state index is -0.0801. The van der Waals surface area contributed by atoms with Gasteiger partial charge >= 0.3 is 0 Å². The van der Waals surface area contributed by atoms with Gasteiger partial charge in [0.2, 0.25) is 0 Å². The monoisotopic (exact) mass is 384 g/mol. The predicted molar refractivity (Wildman–Crippen MR) is 96.7 cm³/mol. The van der Waals surface area contributed by atoms with Gasteiger partial charge in [-0.25, -0.2) is 0 Å². The molecular formula is C16H25BrN4O2. The molecule has 0 saturated carbocycles. The van der Waals surface area contributed by atoms with E-state index in [9.17, 15) is 4.79 Å². The van der Waals surface area contributed by atoms with Gasteiger partial charge in [-0.15, -0.1) is 0 Å². The summed E-state index contributed by atoms with van der Waals surface area (Å²) in [4.78, 5) is 16.1. The van der Waals surface area contributed by atoms with Gasteiger partial charge in [-0.05, 0) is 44.0 Å². The minimum Gasteiger partial charge on any atom is -0.382 e. The van der Waals surface area contributed by atoms with Crippen LogP contribution in [-0.2, 0) is 4.74 Å². The fourth-order valence-electron chi connectivity index (χ4n) is 1.77. The number of hydrogen-bond acceptors (Lipinski definition) is 3. The molecule has 0 heterocycles. The van der Waals surface area contributed by atoms with Gasteiger partial charge in [0.1, 0.15) is 0 Å². The van der Waals surface area contributed by atoms with Gasteiger partial charge in [-0.2, -0.15) is 0 Å². The van der Waals surface area contributed by atoms with Crippen molar-refractivity contribution in [1.82, 2.24) is 10.6 Å². The summed E-state index contributed by atoms with van der Waals surface area (Å²) < 4.78 is 6.18. The molecule has 1 amide bonds. The summed E-state index contributed by atoms with van der Waals surface area (Å²) in [6, 6.07) is 7.25. The lowest BCUT2D eigenvalue weighted by Gasteiger charge is -2.06. The van der Waals surface area contributed by atoms with Crippen molar-refractivity contribution in [2.45, 2.75) is 19.8 Å². The molecule has 0 bridgehead atoms. The standard InChI is InChI=1S/C16H25BrN4O2/c1-2-23-12-4-11-21-16(18)20-10-3-9-19-15(22)13-5-7-14(17)8-6-13/h5-8H,2-4,9-12H2,1H3,(H,19,22)(H3,18,20,21). The highest BCUT2D eigenvalue weighted by Gasteiger charge is 2.03. The lowest BCUT2D eigenvalue weighted by atomic mass is 10.2. The van der Waals surface area contributed by atoms with Crippen molar-refractivity contribution >= 4 is 27.8 Å². The van der Waals surface area contributed by atoms with Crippen molar-refractivity contribution in [3.8, 4) is 0 Å². The van der Waals surface area contributed by atoms with Gasteiger partial charge in [0.25, 0.3) is 5.91 Å². The summed E-state index contributed by atoms with van der Waals surface area (Å²) in [6.07, 6.45) is 1.64. The van der Waals surface area contributed by atoms with Crippen LogP contribution < -0.4 is 16.4 Å². The smallest absolute Gasteiger partial charge is 0.251 e. The van der Waals surface area contributed by atoms with Crippen molar-refractivity contribution in [1.29, 1.82) is 0 Å². The molecule has 0 fully saturated rings. The maximum atomic E-state index is 11.9. The first-order chi connectivity index (χ1) is 11.1. The van der Waals surface area contributed by atoms with Crippen LogP contribution in [0, 0.1) is 0 Å². The molecule has 6 nitrogen and oxygen atoms in total. The van der Waals surface area contributed by atoms with E-state index in [1.807, 2.05) is 19.1 Å². The number of carbonyl (C=O) groups excluding carboxylic acids is 1. The molecule has 0 aliphatic carbocycles. The van der Waals surface area contributed by atoms with Gasteiger partial charge < -0.3 is 21.1 Å². The molecule has 128 valence electrons. The Kier molecular flexibility index (Phi) is 10.1. The van der Waals surface area contributed by atoms with E-state index in [1.165, 1.54) is 0 Å². The van der Waals surface area contributed by atoms with Crippen LogP contribution in [0.4, 0.5) is 0 Å². The van der Waals surface area contributed by atoms with E-state index in [4.69, 9.17) is 10.5 Å². The molecule has 0 saturated heterocycles. The highest BCUT2D eigenvalue weighted by Crippen LogP contribution is 2.10. The molecule has 1 aromatic carbocycles. The van der Waals surface area contributed by atoms with E-state index in [-0.39, 0.29) is 5.91 Å². The summed E-state index contributed by atoms with van der Waals surface area (Å²) in [5, 5.41) is 5.89. The lowest BCUT2D eigenvalue weighted by molar-refractivity contribution is 0.0953. The number of carbonyl (C=O) groups is 1. The van der Waals surface area contributed by atoms with Crippen LogP contribution in [0.2, 0.25) is 0 Å². The Labute approximate surface area is 146 Å². The first-order valence-electron chi connectivity index (χ1n) is 7.78. The topological polar surface area (TPSA) is 88.7 Å². The third-order valence-electron chi connectivity index (χ3n) is 2.98. The van der Waals surface area contributed by atoms with Crippen molar-refractivity contribution in [2.75, 3.05) is 32.8 Å².